The number of ether oxygens (including phenoxy) is 1. The number of aromatic nitrogens is 4. The van der Waals surface area contributed by atoms with Crippen LogP contribution in [-0.4, -0.2) is 69.2 Å². The van der Waals surface area contributed by atoms with Crippen LogP contribution in [0.2, 0.25) is 0 Å². The molecule has 0 bridgehead atoms. The van der Waals surface area contributed by atoms with E-state index in [4.69, 9.17) is 9.84 Å². The molecule has 0 fully saturated rings. The molecule has 1 atom stereocenters. The van der Waals surface area contributed by atoms with Crippen LogP contribution in [0.5, 0.6) is 0 Å². The normalized spacial score (nSPS) is 13.3. The lowest BCUT2D eigenvalue weighted by Gasteiger charge is -2.23. The summed E-state index contributed by atoms with van der Waals surface area (Å²) in [6.07, 6.45) is 5.09. The summed E-state index contributed by atoms with van der Waals surface area (Å²) in [5.74, 6) is -0.137. The smallest absolute Gasteiger partial charge is 0.223 e. The SMILES string of the molecule is COCCN(C)C(O)Cc1ccc(-n2nc(-c3cccnc3)c3c2-c2sc(NC(C)=O)nc2CC3)cc1. The number of carbonyl (C=O) groups is 1. The zero-order valence-corrected chi connectivity index (χ0v) is 22.0. The molecule has 1 amide bonds. The van der Waals surface area contributed by atoms with Crippen molar-refractivity contribution in [1.29, 1.82) is 0 Å². The van der Waals surface area contributed by atoms with Crippen molar-refractivity contribution in [2.45, 2.75) is 32.4 Å². The maximum atomic E-state index is 11.7. The number of thiazole rings is 1. The van der Waals surface area contributed by atoms with Crippen LogP contribution in [0.15, 0.2) is 48.8 Å². The van der Waals surface area contributed by atoms with E-state index in [-0.39, 0.29) is 5.91 Å². The Balaban J connectivity index is 1.52. The maximum absolute atomic E-state index is 11.7. The fourth-order valence-corrected chi connectivity index (χ4v) is 5.64. The zero-order chi connectivity index (χ0) is 25.9. The van der Waals surface area contributed by atoms with Crippen molar-refractivity contribution in [3.63, 3.8) is 0 Å². The van der Waals surface area contributed by atoms with E-state index in [0.29, 0.717) is 24.7 Å². The monoisotopic (exact) mass is 518 g/mol. The first-order valence-corrected chi connectivity index (χ1v) is 13.0. The maximum Gasteiger partial charge on any atom is 0.223 e. The molecule has 0 radical (unpaired) electrons. The van der Waals surface area contributed by atoms with Gasteiger partial charge in [0.15, 0.2) is 5.13 Å². The summed E-state index contributed by atoms with van der Waals surface area (Å²) in [6, 6.07) is 12.1. The van der Waals surface area contributed by atoms with E-state index >= 15 is 0 Å². The highest BCUT2D eigenvalue weighted by Gasteiger charge is 2.30. The van der Waals surface area contributed by atoms with E-state index in [1.54, 1.807) is 13.3 Å². The van der Waals surface area contributed by atoms with Gasteiger partial charge in [-0.15, -0.1) is 0 Å². The number of hydrogen-bond acceptors (Lipinski definition) is 8. The van der Waals surface area contributed by atoms with Gasteiger partial charge in [-0.1, -0.05) is 23.5 Å². The molecule has 9 nitrogen and oxygen atoms in total. The predicted octanol–water partition coefficient (Wildman–Crippen LogP) is 3.55. The summed E-state index contributed by atoms with van der Waals surface area (Å²) >= 11 is 1.48. The van der Waals surface area contributed by atoms with Gasteiger partial charge in [0.25, 0.3) is 0 Å². The Labute approximate surface area is 219 Å². The molecule has 37 heavy (non-hydrogen) atoms. The van der Waals surface area contributed by atoms with E-state index in [1.165, 1.54) is 18.3 Å². The Hall–Kier alpha value is -3.44. The minimum Gasteiger partial charge on any atom is -0.383 e. The number of nitrogens with zero attached hydrogens (tertiary/aromatic N) is 5. The third kappa shape index (κ3) is 5.33. The lowest BCUT2D eigenvalue weighted by molar-refractivity contribution is -0.114. The van der Waals surface area contributed by atoms with Crippen molar-refractivity contribution < 1.29 is 14.6 Å². The van der Waals surface area contributed by atoms with Crippen LogP contribution in [0.3, 0.4) is 0 Å². The summed E-state index contributed by atoms with van der Waals surface area (Å²) in [5, 5.41) is 19.0. The van der Waals surface area contributed by atoms with E-state index in [0.717, 1.165) is 57.2 Å². The molecule has 1 aliphatic carbocycles. The number of aryl methyl sites for hydroxylation is 1. The Morgan fingerprint density at radius 3 is 2.78 bits per heavy atom. The second-order valence-electron chi connectivity index (χ2n) is 9.13. The molecule has 0 spiro atoms. The number of carbonyl (C=O) groups excluding carboxylic acids is 1. The summed E-state index contributed by atoms with van der Waals surface area (Å²) in [5.41, 5.74) is 6.94. The van der Waals surface area contributed by atoms with Gasteiger partial charge in [-0.25, -0.2) is 9.67 Å². The number of hydrogen-bond donors (Lipinski definition) is 2. The summed E-state index contributed by atoms with van der Waals surface area (Å²) in [4.78, 5) is 23.5. The van der Waals surface area contributed by atoms with Gasteiger partial charge in [0.1, 0.15) is 6.23 Å². The molecule has 0 saturated heterocycles. The second-order valence-corrected chi connectivity index (χ2v) is 10.1. The van der Waals surface area contributed by atoms with E-state index < -0.39 is 6.23 Å². The highest BCUT2D eigenvalue weighted by Crippen LogP contribution is 2.44. The molecule has 0 saturated carbocycles. The van der Waals surface area contributed by atoms with E-state index in [1.807, 2.05) is 59.2 Å². The average molecular weight is 519 g/mol. The second kappa shape index (κ2) is 10.9. The predicted molar refractivity (Wildman–Crippen MR) is 144 cm³/mol. The Morgan fingerprint density at radius 2 is 2.08 bits per heavy atom. The number of fused-ring (bicyclic) bond motifs is 3. The van der Waals surface area contributed by atoms with Crippen LogP contribution < -0.4 is 5.32 Å². The van der Waals surface area contributed by atoms with E-state index in [9.17, 15) is 9.90 Å². The average Bonchev–Trinajstić information content (AvgIpc) is 3.48. The fraction of sp³-hybridized carbons (Fsp3) is 0.333. The third-order valence-electron chi connectivity index (χ3n) is 6.48. The number of amides is 1. The van der Waals surface area contributed by atoms with Crippen molar-refractivity contribution in [3.05, 3.63) is 65.6 Å². The Bertz CT molecular complexity index is 1380. The summed E-state index contributed by atoms with van der Waals surface area (Å²) in [6.45, 7) is 2.72. The van der Waals surface area contributed by atoms with Gasteiger partial charge in [-0.05, 0) is 49.7 Å². The number of benzene rings is 1. The molecule has 0 aliphatic heterocycles. The standard InChI is InChI=1S/C27H30N6O3S/c1-17(34)29-27-30-22-11-10-21-24(19-5-4-12-28-16-19)31-33(25(21)26(22)37-27)20-8-6-18(7-9-20)15-23(35)32(2)13-14-36-3/h4-9,12,16,23,35H,10-11,13-15H2,1-3H3,(H,29,30,34). The molecular weight excluding hydrogens is 488 g/mol. The molecule has 3 heterocycles. The van der Waals surface area contributed by atoms with Gasteiger partial charge in [0, 0.05) is 50.5 Å². The molecule has 1 aliphatic rings. The first-order valence-electron chi connectivity index (χ1n) is 12.2. The minimum absolute atomic E-state index is 0.137. The van der Waals surface area contributed by atoms with Gasteiger partial charge in [-0.3, -0.25) is 14.7 Å². The molecule has 4 aromatic rings. The van der Waals surface area contributed by atoms with Gasteiger partial charge in [0.05, 0.1) is 34.3 Å². The molecule has 5 rings (SSSR count). The van der Waals surface area contributed by atoms with Gasteiger partial charge in [-0.2, -0.15) is 5.10 Å². The molecular formula is C27H30N6O3S. The van der Waals surface area contributed by atoms with Crippen LogP contribution in [-0.2, 0) is 28.8 Å². The number of aliphatic hydroxyl groups is 1. The fourth-order valence-electron chi connectivity index (χ4n) is 4.52. The van der Waals surface area contributed by atoms with Crippen LogP contribution in [0, 0.1) is 0 Å². The van der Waals surface area contributed by atoms with Gasteiger partial charge < -0.3 is 15.2 Å². The summed E-state index contributed by atoms with van der Waals surface area (Å²) in [7, 11) is 3.54. The highest BCUT2D eigenvalue weighted by atomic mass is 32.1. The molecule has 1 unspecified atom stereocenters. The van der Waals surface area contributed by atoms with Gasteiger partial charge >= 0.3 is 0 Å². The third-order valence-corrected chi connectivity index (χ3v) is 7.50. The Kier molecular flexibility index (Phi) is 7.43. The first kappa shape index (κ1) is 25.2. The van der Waals surface area contributed by atoms with Crippen LogP contribution in [0.1, 0.15) is 23.7 Å². The number of pyridine rings is 1. The molecule has 192 valence electrons. The van der Waals surface area contributed by atoms with Crippen molar-refractivity contribution in [2.24, 2.45) is 0 Å². The van der Waals surface area contributed by atoms with Crippen LogP contribution in [0.25, 0.3) is 27.5 Å². The number of anilines is 1. The summed E-state index contributed by atoms with van der Waals surface area (Å²) < 4.78 is 7.08. The number of aliphatic hydroxyl groups excluding tert-OH is 1. The number of methoxy groups -OCH3 is 1. The molecule has 1 aromatic carbocycles. The number of likely N-dealkylation sites (N-methyl/N-ethyl adjacent to an activating group) is 1. The van der Waals surface area contributed by atoms with Crippen LogP contribution in [0.4, 0.5) is 5.13 Å². The minimum atomic E-state index is -0.595. The molecule has 3 aromatic heterocycles. The topological polar surface area (TPSA) is 105 Å². The first-order chi connectivity index (χ1) is 17.9. The Morgan fingerprint density at radius 1 is 1.27 bits per heavy atom. The van der Waals surface area contributed by atoms with Crippen molar-refractivity contribution in [1.82, 2.24) is 24.6 Å². The number of nitrogens with one attached hydrogen (secondary N) is 1. The lowest BCUT2D eigenvalue weighted by atomic mass is 9.95. The van der Waals surface area contributed by atoms with E-state index in [2.05, 4.69) is 15.3 Å². The van der Waals surface area contributed by atoms with Crippen molar-refractivity contribution >= 4 is 22.4 Å². The van der Waals surface area contributed by atoms with Gasteiger partial charge in [0.2, 0.25) is 5.91 Å². The molecule has 10 heteroatoms. The highest BCUT2D eigenvalue weighted by molar-refractivity contribution is 7.19. The van der Waals surface area contributed by atoms with Crippen LogP contribution >= 0.6 is 11.3 Å². The zero-order valence-electron chi connectivity index (χ0n) is 21.1. The van der Waals surface area contributed by atoms with Crippen molar-refractivity contribution in [3.8, 4) is 27.5 Å². The lowest BCUT2D eigenvalue weighted by Crippen LogP contribution is -2.35. The quantitative estimate of drug-likeness (QED) is 0.327. The molecule has 2 N–H and O–H groups in total. The largest absolute Gasteiger partial charge is 0.383 e. The number of rotatable bonds is 9. The van der Waals surface area contributed by atoms with Crippen molar-refractivity contribution in [2.75, 3.05) is 32.6 Å².